The van der Waals surface area contributed by atoms with Crippen LogP contribution in [0.25, 0.3) is 0 Å². The molecule has 3 fully saturated rings. The number of carbonyl (C=O) groups is 2. The summed E-state index contributed by atoms with van der Waals surface area (Å²) in [6.07, 6.45) is 2.21. The summed E-state index contributed by atoms with van der Waals surface area (Å²) in [5, 5.41) is 9.48. The van der Waals surface area contributed by atoms with Gasteiger partial charge in [0.05, 0.1) is 5.92 Å². The highest BCUT2D eigenvalue weighted by Gasteiger charge is 2.46. The number of carboxylic acid groups (broad SMARTS) is 1. The van der Waals surface area contributed by atoms with E-state index in [2.05, 4.69) is 16.8 Å². The van der Waals surface area contributed by atoms with Crippen molar-refractivity contribution >= 4 is 17.6 Å². The molecule has 1 N–H and O–H groups in total. The maximum atomic E-state index is 12.8. The van der Waals surface area contributed by atoms with Crippen molar-refractivity contribution in [3.8, 4) is 0 Å². The molecule has 2 heterocycles. The van der Waals surface area contributed by atoms with Crippen LogP contribution in [-0.2, 0) is 4.79 Å². The van der Waals surface area contributed by atoms with E-state index in [1.165, 1.54) is 0 Å². The number of benzene rings is 1. The fourth-order valence-electron chi connectivity index (χ4n) is 4.32. The first kappa shape index (κ1) is 17.3. The monoisotopic (exact) mass is 357 g/mol. The second kappa shape index (κ2) is 6.91. The second-order valence-electron chi connectivity index (χ2n) is 7.99. The molecule has 6 heteroatoms. The minimum atomic E-state index is -0.761. The van der Waals surface area contributed by atoms with E-state index in [-0.39, 0.29) is 11.8 Å². The predicted octanol–water partition coefficient (Wildman–Crippen LogP) is 1.62. The van der Waals surface area contributed by atoms with Crippen LogP contribution in [0.5, 0.6) is 0 Å². The molecule has 0 radical (unpaired) electrons. The second-order valence-corrected chi connectivity index (χ2v) is 7.99. The molecule has 2 atom stereocenters. The Balaban J connectivity index is 1.42. The number of hydrogen-bond acceptors (Lipinski definition) is 4. The molecule has 1 aromatic rings. The topological polar surface area (TPSA) is 64.1 Å². The average molecular weight is 357 g/mol. The van der Waals surface area contributed by atoms with Crippen LogP contribution in [0.15, 0.2) is 24.3 Å². The Bertz CT molecular complexity index is 678. The molecule has 3 aliphatic rings. The van der Waals surface area contributed by atoms with Gasteiger partial charge in [-0.2, -0.15) is 0 Å². The molecule has 4 rings (SSSR count). The highest BCUT2D eigenvalue weighted by Crippen LogP contribution is 2.44. The zero-order valence-electron chi connectivity index (χ0n) is 15.3. The van der Waals surface area contributed by atoms with E-state index in [4.69, 9.17) is 0 Å². The van der Waals surface area contributed by atoms with Gasteiger partial charge in [0, 0.05) is 50.5 Å². The van der Waals surface area contributed by atoms with Crippen LogP contribution in [0, 0.1) is 17.8 Å². The molecule has 0 bridgehead atoms. The number of nitrogens with zero attached hydrogens (tertiary/aromatic N) is 3. The van der Waals surface area contributed by atoms with E-state index in [1.807, 2.05) is 24.3 Å². The lowest BCUT2D eigenvalue weighted by atomic mass is 9.92. The lowest BCUT2D eigenvalue weighted by molar-refractivity contribution is -0.142. The standard InChI is InChI=1S/C20H27N3O3/c1-21-8-10-22(11-9-21)16-6-4-15(5-7-16)19(24)23-12-17(14-2-3-14)18(13-23)20(25)26/h4-7,14,17-18H,2-3,8-13H2,1H3,(H,25,26)/t17-,18+/m0/s1. The summed E-state index contributed by atoms with van der Waals surface area (Å²) >= 11 is 0. The first-order chi connectivity index (χ1) is 12.5. The molecular formula is C20H27N3O3. The van der Waals surface area contributed by atoms with E-state index < -0.39 is 11.9 Å². The number of likely N-dealkylation sites (tertiary alicyclic amines) is 1. The maximum Gasteiger partial charge on any atom is 0.308 e. The molecule has 1 aromatic carbocycles. The Kier molecular flexibility index (Phi) is 4.61. The zero-order chi connectivity index (χ0) is 18.3. The Morgan fingerprint density at radius 2 is 1.65 bits per heavy atom. The number of carbonyl (C=O) groups excluding carboxylic acids is 1. The smallest absolute Gasteiger partial charge is 0.308 e. The van der Waals surface area contributed by atoms with Gasteiger partial charge >= 0.3 is 5.97 Å². The molecule has 1 aliphatic carbocycles. The van der Waals surface area contributed by atoms with E-state index in [1.54, 1.807) is 4.90 Å². The number of likely N-dealkylation sites (N-methyl/N-ethyl adjacent to an activating group) is 1. The van der Waals surface area contributed by atoms with Crippen molar-refractivity contribution in [1.29, 1.82) is 0 Å². The summed E-state index contributed by atoms with van der Waals surface area (Å²) in [7, 11) is 2.13. The van der Waals surface area contributed by atoms with Crippen LogP contribution in [0.2, 0.25) is 0 Å². The molecule has 0 aromatic heterocycles. The number of amides is 1. The quantitative estimate of drug-likeness (QED) is 0.887. The van der Waals surface area contributed by atoms with Crippen LogP contribution in [0.1, 0.15) is 23.2 Å². The number of carboxylic acids is 1. The van der Waals surface area contributed by atoms with E-state index >= 15 is 0 Å². The average Bonchev–Trinajstić information content (AvgIpc) is 3.40. The van der Waals surface area contributed by atoms with Gasteiger partial charge in [-0.15, -0.1) is 0 Å². The van der Waals surface area contributed by atoms with Gasteiger partial charge in [-0.05, 0) is 56.0 Å². The molecule has 140 valence electrons. The molecule has 6 nitrogen and oxygen atoms in total. The molecular weight excluding hydrogens is 330 g/mol. The Hall–Kier alpha value is -2.08. The minimum absolute atomic E-state index is 0.0377. The zero-order valence-corrected chi connectivity index (χ0v) is 15.3. The summed E-state index contributed by atoms with van der Waals surface area (Å²) in [6, 6.07) is 7.80. The van der Waals surface area contributed by atoms with Gasteiger partial charge < -0.3 is 19.8 Å². The maximum absolute atomic E-state index is 12.8. The molecule has 0 unspecified atom stereocenters. The van der Waals surface area contributed by atoms with Crippen LogP contribution in [-0.4, -0.2) is 73.1 Å². The van der Waals surface area contributed by atoms with Gasteiger partial charge in [-0.1, -0.05) is 0 Å². The summed E-state index contributed by atoms with van der Waals surface area (Å²) in [6.45, 7) is 5.02. The largest absolute Gasteiger partial charge is 0.481 e. The van der Waals surface area contributed by atoms with Gasteiger partial charge in [0.1, 0.15) is 0 Å². The fourth-order valence-corrected chi connectivity index (χ4v) is 4.32. The van der Waals surface area contributed by atoms with Crippen molar-refractivity contribution in [2.45, 2.75) is 12.8 Å². The van der Waals surface area contributed by atoms with Gasteiger partial charge in [0.25, 0.3) is 5.91 Å². The molecule has 26 heavy (non-hydrogen) atoms. The van der Waals surface area contributed by atoms with E-state index in [0.29, 0.717) is 24.6 Å². The third-order valence-corrected chi connectivity index (χ3v) is 6.18. The predicted molar refractivity (Wildman–Crippen MR) is 99.4 cm³/mol. The van der Waals surface area contributed by atoms with Crippen molar-refractivity contribution in [3.63, 3.8) is 0 Å². The number of hydrogen-bond donors (Lipinski definition) is 1. The molecule has 1 amide bonds. The van der Waals surface area contributed by atoms with E-state index in [9.17, 15) is 14.7 Å². The minimum Gasteiger partial charge on any atom is -0.481 e. The number of rotatable bonds is 4. The van der Waals surface area contributed by atoms with Crippen LogP contribution >= 0.6 is 0 Å². The van der Waals surface area contributed by atoms with Crippen molar-refractivity contribution in [2.75, 3.05) is 51.2 Å². The molecule has 0 spiro atoms. The van der Waals surface area contributed by atoms with Gasteiger partial charge in [0.2, 0.25) is 0 Å². The van der Waals surface area contributed by atoms with E-state index in [0.717, 1.165) is 44.7 Å². The van der Waals surface area contributed by atoms with Crippen LogP contribution < -0.4 is 4.90 Å². The number of anilines is 1. The summed E-state index contributed by atoms with van der Waals surface area (Å²) < 4.78 is 0. The third kappa shape index (κ3) is 3.43. The summed E-state index contributed by atoms with van der Waals surface area (Å²) in [5.74, 6) is -0.586. The number of aliphatic carboxylic acids is 1. The van der Waals surface area contributed by atoms with Crippen molar-refractivity contribution in [2.24, 2.45) is 17.8 Å². The van der Waals surface area contributed by atoms with Crippen molar-refractivity contribution in [3.05, 3.63) is 29.8 Å². The van der Waals surface area contributed by atoms with Gasteiger partial charge in [-0.3, -0.25) is 9.59 Å². The SMILES string of the molecule is CN1CCN(c2ccc(C(=O)N3C[C@@H](C(=O)O)[C@H](C4CC4)C3)cc2)CC1. The fraction of sp³-hybridized carbons (Fsp3) is 0.600. The molecule has 2 aliphatic heterocycles. The number of piperazine rings is 1. The lowest BCUT2D eigenvalue weighted by Crippen LogP contribution is -2.44. The summed E-state index contributed by atoms with van der Waals surface area (Å²) in [5.41, 5.74) is 1.80. The Morgan fingerprint density at radius 1 is 1.00 bits per heavy atom. The highest BCUT2D eigenvalue weighted by molar-refractivity contribution is 5.95. The Labute approximate surface area is 154 Å². The van der Waals surface area contributed by atoms with Gasteiger partial charge in [-0.25, -0.2) is 0 Å². The van der Waals surface area contributed by atoms with Crippen LogP contribution in [0.4, 0.5) is 5.69 Å². The van der Waals surface area contributed by atoms with Crippen molar-refractivity contribution < 1.29 is 14.7 Å². The Morgan fingerprint density at radius 3 is 2.23 bits per heavy atom. The van der Waals surface area contributed by atoms with Gasteiger partial charge in [0.15, 0.2) is 0 Å². The first-order valence-electron chi connectivity index (χ1n) is 9.58. The first-order valence-corrected chi connectivity index (χ1v) is 9.58. The highest BCUT2D eigenvalue weighted by atomic mass is 16.4. The molecule has 1 saturated carbocycles. The summed E-state index contributed by atoms with van der Waals surface area (Å²) in [4.78, 5) is 30.8. The van der Waals surface area contributed by atoms with Crippen molar-refractivity contribution in [1.82, 2.24) is 9.80 Å². The van der Waals surface area contributed by atoms with Crippen LogP contribution in [0.3, 0.4) is 0 Å². The lowest BCUT2D eigenvalue weighted by Gasteiger charge is -2.34. The molecule has 2 saturated heterocycles. The normalized spacial score (nSPS) is 27.0. The third-order valence-electron chi connectivity index (χ3n) is 6.18.